The number of aromatic hydroxyl groups is 1. The molecule has 2 N–H and O–H groups in total. The van der Waals surface area contributed by atoms with E-state index in [1.54, 1.807) is 11.0 Å². The molecule has 0 spiro atoms. The molecule has 1 atom stereocenters. The number of amides is 1. The summed E-state index contributed by atoms with van der Waals surface area (Å²) in [6.45, 7) is 2.72. The summed E-state index contributed by atoms with van der Waals surface area (Å²) in [5.74, 6) is -2.76. The van der Waals surface area contributed by atoms with Crippen molar-refractivity contribution in [2.45, 2.75) is 58.1 Å². The van der Waals surface area contributed by atoms with Gasteiger partial charge in [-0.05, 0) is 56.1 Å². The Morgan fingerprint density at radius 3 is 2.59 bits per heavy atom. The second-order valence-corrected chi connectivity index (χ2v) is 7.99. The standard InChI is InChI=1S/C21H26FNO6/c1-12(29-18(27)9-8-17(25)26)14-4-2-13(3-5-14)10-23-11-15-6-7-16(24)20(22)19(15)21(23)28/h6-7,12-14,24H,2-5,8-11H2,1H3,(H,25,26)/t12-,13?,14?/m1/s1. The number of carbonyl (C=O) groups excluding carboxylic acids is 2. The minimum atomic E-state index is -1.02. The fourth-order valence-corrected chi connectivity index (χ4v) is 4.27. The molecule has 158 valence electrons. The molecule has 1 aromatic carbocycles. The number of aliphatic carboxylic acids is 1. The number of phenols is 1. The minimum Gasteiger partial charge on any atom is -0.505 e. The minimum absolute atomic E-state index is 0.0272. The number of fused-ring (bicyclic) bond motifs is 1. The normalized spacial score (nSPS) is 22.3. The number of benzene rings is 1. The summed E-state index contributed by atoms with van der Waals surface area (Å²) in [4.78, 5) is 36.4. The van der Waals surface area contributed by atoms with Gasteiger partial charge in [0, 0.05) is 13.1 Å². The molecule has 1 fully saturated rings. The van der Waals surface area contributed by atoms with Crippen LogP contribution in [0.1, 0.15) is 61.4 Å². The molecular formula is C21H26FNO6. The topological polar surface area (TPSA) is 104 Å². The van der Waals surface area contributed by atoms with Crippen LogP contribution in [0.5, 0.6) is 5.75 Å². The van der Waals surface area contributed by atoms with Crippen molar-refractivity contribution in [3.63, 3.8) is 0 Å². The molecule has 1 aliphatic heterocycles. The third kappa shape index (κ3) is 4.86. The largest absolute Gasteiger partial charge is 0.505 e. The number of hydrogen-bond donors (Lipinski definition) is 2. The Morgan fingerprint density at radius 2 is 1.93 bits per heavy atom. The molecule has 29 heavy (non-hydrogen) atoms. The highest BCUT2D eigenvalue weighted by molar-refractivity contribution is 5.99. The van der Waals surface area contributed by atoms with Gasteiger partial charge in [0.1, 0.15) is 6.10 Å². The molecule has 3 rings (SSSR count). The van der Waals surface area contributed by atoms with E-state index in [0.29, 0.717) is 18.7 Å². The number of carboxylic acids is 1. The lowest BCUT2D eigenvalue weighted by molar-refractivity contribution is -0.154. The Labute approximate surface area is 168 Å². The summed E-state index contributed by atoms with van der Waals surface area (Å²) in [6, 6.07) is 2.86. The number of esters is 1. The molecule has 1 aromatic rings. The predicted octanol–water partition coefficient (Wildman–Crippen LogP) is 3.09. The monoisotopic (exact) mass is 407 g/mol. The molecule has 0 bridgehead atoms. The molecule has 7 nitrogen and oxygen atoms in total. The van der Waals surface area contributed by atoms with Gasteiger partial charge in [0.15, 0.2) is 11.6 Å². The van der Waals surface area contributed by atoms with Crippen molar-refractivity contribution in [1.29, 1.82) is 0 Å². The zero-order valence-corrected chi connectivity index (χ0v) is 16.4. The molecule has 0 saturated heterocycles. The molecule has 0 unspecified atom stereocenters. The van der Waals surface area contributed by atoms with Crippen LogP contribution >= 0.6 is 0 Å². The smallest absolute Gasteiger partial charge is 0.306 e. The SMILES string of the molecule is C[C@@H](OC(=O)CCC(=O)O)C1CCC(CN2Cc3ccc(O)c(F)c3C2=O)CC1. The Bertz CT molecular complexity index is 803. The van der Waals surface area contributed by atoms with Gasteiger partial charge in [-0.1, -0.05) is 6.07 Å². The van der Waals surface area contributed by atoms with Crippen molar-refractivity contribution in [2.75, 3.05) is 6.54 Å². The highest BCUT2D eigenvalue weighted by Crippen LogP contribution is 2.35. The molecule has 0 radical (unpaired) electrons. The first-order chi connectivity index (χ1) is 13.8. The van der Waals surface area contributed by atoms with Crippen molar-refractivity contribution >= 4 is 17.8 Å². The Kier molecular flexibility index (Phi) is 6.39. The maximum Gasteiger partial charge on any atom is 0.306 e. The molecular weight excluding hydrogens is 381 g/mol. The van der Waals surface area contributed by atoms with Gasteiger partial charge in [0.2, 0.25) is 0 Å². The number of rotatable bonds is 7. The molecule has 1 saturated carbocycles. The Morgan fingerprint density at radius 1 is 1.24 bits per heavy atom. The van der Waals surface area contributed by atoms with Gasteiger partial charge < -0.3 is 19.8 Å². The van der Waals surface area contributed by atoms with Crippen LogP contribution in [0.2, 0.25) is 0 Å². The van der Waals surface area contributed by atoms with Gasteiger partial charge in [0.25, 0.3) is 5.91 Å². The van der Waals surface area contributed by atoms with Gasteiger partial charge in [0.05, 0.1) is 18.4 Å². The highest BCUT2D eigenvalue weighted by Gasteiger charge is 2.35. The molecule has 8 heteroatoms. The number of nitrogens with zero attached hydrogens (tertiary/aromatic N) is 1. The van der Waals surface area contributed by atoms with Crippen LogP contribution in [0.3, 0.4) is 0 Å². The summed E-state index contributed by atoms with van der Waals surface area (Å²) in [5, 5.41) is 18.1. The van der Waals surface area contributed by atoms with Crippen LogP contribution in [-0.4, -0.2) is 45.6 Å². The fourth-order valence-electron chi connectivity index (χ4n) is 4.27. The van der Waals surface area contributed by atoms with Crippen molar-refractivity contribution in [2.24, 2.45) is 11.8 Å². The van der Waals surface area contributed by atoms with Crippen LogP contribution in [0, 0.1) is 17.7 Å². The Balaban J connectivity index is 1.47. The van der Waals surface area contributed by atoms with Crippen LogP contribution in [0.25, 0.3) is 0 Å². The van der Waals surface area contributed by atoms with Crippen molar-refractivity contribution in [3.05, 3.63) is 29.1 Å². The van der Waals surface area contributed by atoms with E-state index in [1.165, 1.54) is 6.07 Å². The lowest BCUT2D eigenvalue weighted by Gasteiger charge is -2.33. The van der Waals surface area contributed by atoms with E-state index in [1.807, 2.05) is 6.92 Å². The van der Waals surface area contributed by atoms with Crippen LogP contribution in [0.4, 0.5) is 4.39 Å². The first-order valence-corrected chi connectivity index (χ1v) is 9.97. The van der Waals surface area contributed by atoms with E-state index in [2.05, 4.69) is 0 Å². The number of carboxylic acid groups (broad SMARTS) is 1. The van der Waals surface area contributed by atoms with Crippen LogP contribution in [0.15, 0.2) is 12.1 Å². The maximum atomic E-state index is 14.1. The maximum absolute atomic E-state index is 14.1. The molecule has 1 amide bonds. The second kappa shape index (κ2) is 8.80. The van der Waals surface area contributed by atoms with Crippen molar-refractivity contribution in [1.82, 2.24) is 4.90 Å². The van der Waals surface area contributed by atoms with Gasteiger partial charge in [-0.2, -0.15) is 0 Å². The van der Waals surface area contributed by atoms with E-state index < -0.39 is 23.5 Å². The van der Waals surface area contributed by atoms with E-state index >= 15 is 0 Å². The molecule has 0 aromatic heterocycles. The number of phenolic OH excluding ortho intramolecular Hbond substituents is 1. The van der Waals surface area contributed by atoms with Gasteiger partial charge in [-0.3, -0.25) is 14.4 Å². The molecule has 1 aliphatic carbocycles. The van der Waals surface area contributed by atoms with E-state index in [9.17, 15) is 23.9 Å². The molecule has 2 aliphatic rings. The number of halogens is 1. The lowest BCUT2D eigenvalue weighted by atomic mass is 9.79. The van der Waals surface area contributed by atoms with Crippen molar-refractivity contribution < 1.29 is 33.7 Å². The average molecular weight is 407 g/mol. The summed E-state index contributed by atoms with van der Waals surface area (Å²) in [7, 11) is 0. The third-order valence-electron chi connectivity index (χ3n) is 5.96. The van der Waals surface area contributed by atoms with Crippen molar-refractivity contribution in [3.8, 4) is 5.75 Å². The first-order valence-electron chi connectivity index (χ1n) is 9.97. The summed E-state index contributed by atoms with van der Waals surface area (Å²) in [5.41, 5.74) is 0.571. The number of carbonyl (C=O) groups is 3. The summed E-state index contributed by atoms with van der Waals surface area (Å²) < 4.78 is 19.4. The van der Waals surface area contributed by atoms with E-state index in [-0.39, 0.29) is 42.3 Å². The van der Waals surface area contributed by atoms with Crippen LogP contribution in [-0.2, 0) is 20.9 Å². The highest BCUT2D eigenvalue weighted by atomic mass is 19.1. The van der Waals surface area contributed by atoms with Crippen LogP contribution < -0.4 is 0 Å². The average Bonchev–Trinajstić information content (AvgIpc) is 3.00. The zero-order chi connectivity index (χ0) is 21.1. The Hall–Kier alpha value is -2.64. The fraction of sp³-hybridized carbons (Fsp3) is 0.571. The van der Waals surface area contributed by atoms with E-state index in [4.69, 9.17) is 9.84 Å². The van der Waals surface area contributed by atoms with Gasteiger partial charge in [-0.25, -0.2) is 4.39 Å². The van der Waals surface area contributed by atoms with Gasteiger partial charge >= 0.3 is 11.9 Å². The third-order valence-corrected chi connectivity index (χ3v) is 5.96. The lowest BCUT2D eigenvalue weighted by Crippen LogP contribution is -2.34. The molecule has 1 heterocycles. The quantitative estimate of drug-likeness (QED) is 0.673. The second-order valence-electron chi connectivity index (χ2n) is 7.99. The summed E-state index contributed by atoms with van der Waals surface area (Å²) >= 11 is 0. The first kappa shape index (κ1) is 21.1. The van der Waals surface area contributed by atoms with E-state index in [0.717, 1.165) is 25.7 Å². The van der Waals surface area contributed by atoms with Gasteiger partial charge in [-0.15, -0.1) is 0 Å². The summed E-state index contributed by atoms with van der Waals surface area (Å²) in [6.07, 6.45) is 2.81. The zero-order valence-electron chi connectivity index (χ0n) is 16.4. The number of hydrogen-bond acceptors (Lipinski definition) is 5. The predicted molar refractivity (Wildman–Crippen MR) is 101 cm³/mol. The number of ether oxygens (including phenoxy) is 1.